The van der Waals surface area contributed by atoms with Crippen molar-refractivity contribution in [3.05, 3.63) is 40.1 Å². The van der Waals surface area contributed by atoms with Gasteiger partial charge in [0.05, 0.1) is 22.6 Å². The summed E-state index contributed by atoms with van der Waals surface area (Å²) in [5.74, 6) is -0.689. The Balaban J connectivity index is 2.27. The summed E-state index contributed by atoms with van der Waals surface area (Å²) < 4.78 is 26.5. The number of aromatic hydroxyl groups is 1. The van der Waals surface area contributed by atoms with E-state index in [-0.39, 0.29) is 28.5 Å². The summed E-state index contributed by atoms with van der Waals surface area (Å²) in [6.07, 6.45) is 1.52. The Morgan fingerprint density at radius 1 is 1.37 bits per heavy atom. The van der Waals surface area contributed by atoms with Crippen LogP contribution in [-0.2, 0) is 21.2 Å². The van der Waals surface area contributed by atoms with Gasteiger partial charge in [-0.3, -0.25) is 4.79 Å². The molecule has 2 heterocycles. The smallest absolute Gasteiger partial charge is 0.220 e. The molecule has 0 unspecified atom stereocenters. The Morgan fingerprint density at radius 3 is 2.67 bits per heavy atom. The molecule has 0 saturated heterocycles. The number of hydrogen-bond donors (Lipinski definition) is 1. The highest BCUT2D eigenvalue weighted by molar-refractivity contribution is 7.91. The molecule has 0 fully saturated rings. The van der Waals surface area contributed by atoms with Gasteiger partial charge < -0.3 is 9.94 Å². The van der Waals surface area contributed by atoms with Crippen LogP contribution in [-0.4, -0.2) is 47.7 Å². The van der Waals surface area contributed by atoms with E-state index in [0.717, 1.165) is 0 Å². The molecule has 1 N–H and O–H groups in total. The third-order valence-electron chi connectivity index (χ3n) is 4.73. The third kappa shape index (κ3) is 3.01. The van der Waals surface area contributed by atoms with Crippen LogP contribution in [0.15, 0.2) is 22.3 Å². The van der Waals surface area contributed by atoms with E-state index in [2.05, 4.69) is 10.3 Å². The summed E-state index contributed by atoms with van der Waals surface area (Å²) >= 11 is 0. The van der Waals surface area contributed by atoms with Crippen molar-refractivity contribution in [1.29, 1.82) is 0 Å². The second kappa shape index (κ2) is 6.80. The molecule has 3 rings (SSSR count). The molecule has 1 aromatic carbocycles. The standard InChI is InChI=1S/C18H21N3O5S/c1-5-21-18(23)13(9-19-21)16(22)12-8-10(2)17-15(11(12)3)14(20-26-4)6-7-27(17,24)25/h8-9,23H,5-7H2,1-4H3. The van der Waals surface area contributed by atoms with Gasteiger partial charge in [-0.25, -0.2) is 13.1 Å². The van der Waals surface area contributed by atoms with Gasteiger partial charge in [0.15, 0.2) is 15.6 Å². The fourth-order valence-electron chi connectivity index (χ4n) is 3.45. The number of carbonyl (C=O) groups excluding carboxylic acids is 1. The number of rotatable bonds is 4. The second-order valence-corrected chi connectivity index (χ2v) is 8.43. The molecule has 8 nitrogen and oxygen atoms in total. The molecule has 1 aliphatic rings. The van der Waals surface area contributed by atoms with Gasteiger partial charge in [-0.2, -0.15) is 5.10 Å². The Labute approximate surface area is 157 Å². The minimum atomic E-state index is -3.48. The van der Waals surface area contributed by atoms with E-state index in [4.69, 9.17) is 4.84 Å². The predicted molar refractivity (Wildman–Crippen MR) is 99.1 cm³/mol. The average Bonchev–Trinajstić information content (AvgIpc) is 2.99. The second-order valence-electron chi connectivity index (χ2n) is 6.39. The van der Waals surface area contributed by atoms with E-state index in [9.17, 15) is 18.3 Å². The number of fused-ring (bicyclic) bond motifs is 1. The molecule has 0 spiro atoms. The normalized spacial score (nSPS) is 17.0. The number of carbonyl (C=O) groups is 1. The van der Waals surface area contributed by atoms with Crippen LogP contribution in [0.5, 0.6) is 5.88 Å². The van der Waals surface area contributed by atoms with Crippen molar-refractivity contribution in [1.82, 2.24) is 9.78 Å². The molecule has 0 atom stereocenters. The highest BCUT2D eigenvalue weighted by Gasteiger charge is 2.34. The van der Waals surface area contributed by atoms with Gasteiger partial charge in [-0.05, 0) is 38.0 Å². The minimum Gasteiger partial charge on any atom is -0.493 e. The topological polar surface area (TPSA) is 111 Å². The van der Waals surface area contributed by atoms with Crippen LogP contribution in [0.25, 0.3) is 0 Å². The Hall–Kier alpha value is -2.68. The average molecular weight is 391 g/mol. The number of hydrogen-bond acceptors (Lipinski definition) is 7. The summed E-state index contributed by atoms with van der Waals surface area (Å²) in [6, 6.07) is 1.55. The molecular formula is C18H21N3O5S. The Morgan fingerprint density at radius 2 is 2.07 bits per heavy atom. The highest BCUT2D eigenvalue weighted by Crippen LogP contribution is 2.34. The molecule has 0 aliphatic carbocycles. The maximum Gasteiger partial charge on any atom is 0.220 e. The van der Waals surface area contributed by atoms with Gasteiger partial charge in [0, 0.05) is 24.1 Å². The van der Waals surface area contributed by atoms with E-state index in [1.807, 2.05) is 0 Å². The molecule has 1 aromatic heterocycles. The van der Waals surface area contributed by atoms with E-state index in [1.54, 1.807) is 26.8 Å². The van der Waals surface area contributed by atoms with E-state index in [1.165, 1.54) is 18.0 Å². The lowest BCUT2D eigenvalue weighted by molar-refractivity contribution is 0.103. The van der Waals surface area contributed by atoms with Crippen molar-refractivity contribution in [3.8, 4) is 5.88 Å². The monoisotopic (exact) mass is 391 g/mol. The number of sulfone groups is 1. The van der Waals surface area contributed by atoms with Crippen molar-refractivity contribution < 1.29 is 23.2 Å². The van der Waals surface area contributed by atoms with Crippen LogP contribution in [0.1, 0.15) is 46.0 Å². The zero-order chi connectivity index (χ0) is 19.9. The summed E-state index contributed by atoms with van der Waals surface area (Å²) in [5.41, 5.74) is 2.23. The molecule has 27 heavy (non-hydrogen) atoms. The number of aromatic nitrogens is 2. The predicted octanol–water partition coefficient (Wildman–Crippen LogP) is 1.98. The van der Waals surface area contributed by atoms with Crippen molar-refractivity contribution >= 4 is 21.3 Å². The van der Waals surface area contributed by atoms with Crippen LogP contribution in [0, 0.1) is 13.8 Å². The van der Waals surface area contributed by atoms with Gasteiger partial charge in [-0.1, -0.05) is 5.16 Å². The number of oxime groups is 1. The van der Waals surface area contributed by atoms with Crippen molar-refractivity contribution in [2.45, 2.75) is 38.6 Å². The van der Waals surface area contributed by atoms with Crippen molar-refractivity contribution in [2.24, 2.45) is 5.16 Å². The zero-order valence-corrected chi connectivity index (χ0v) is 16.4. The molecular weight excluding hydrogens is 370 g/mol. The lowest BCUT2D eigenvalue weighted by atomic mass is 9.91. The van der Waals surface area contributed by atoms with Gasteiger partial charge in [0.1, 0.15) is 12.7 Å². The van der Waals surface area contributed by atoms with Crippen LogP contribution >= 0.6 is 0 Å². The van der Waals surface area contributed by atoms with E-state index >= 15 is 0 Å². The maximum absolute atomic E-state index is 13.0. The molecule has 9 heteroatoms. The largest absolute Gasteiger partial charge is 0.493 e. The SMILES string of the molecule is CCn1ncc(C(=O)c2cc(C)c3c(c2C)C(=NOC)CCS3(=O)=O)c1O. The first-order valence-corrected chi connectivity index (χ1v) is 10.1. The third-order valence-corrected chi connectivity index (χ3v) is 6.62. The van der Waals surface area contributed by atoms with E-state index < -0.39 is 15.6 Å². The Kier molecular flexibility index (Phi) is 4.81. The highest BCUT2D eigenvalue weighted by atomic mass is 32.2. The number of ketones is 1. The molecule has 0 radical (unpaired) electrons. The lowest BCUT2D eigenvalue weighted by Gasteiger charge is -2.23. The summed E-state index contributed by atoms with van der Waals surface area (Å²) in [5, 5.41) is 18.2. The van der Waals surface area contributed by atoms with Gasteiger partial charge >= 0.3 is 0 Å². The number of benzene rings is 1. The maximum atomic E-state index is 13.0. The van der Waals surface area contributed by atoms with Crippen LogP contribution in [0.4, 0.5) is 0 Å². The van der Waals surface area contributed by atoms with Crippen LogP contribution < -0.4 is 0 Å². The van der Waals surface area contributed by atoms with Crippen LogP contribution in [0.2, 0.25) is 0 Å². The van der Waals surface area contributed by atoms with E-state index in [0.29, 0.717) is 34.5 Å². The lowest BCUT2D eigenvalue weighted by Crippen LogP contribution is -2.26. The summed E-state index contributed by atoms with van der Waals surface area (Å²) in [7, 11) is -2.08. The molecule has 1 aliphatic heterocycles. The fourth-order valence-corrected chi connectivity index (χ4v) is 5.25. The quantitative estimate of drug-likeness (QED) is 0.630. The minimum absolute atomic E-state index is 0.0557. The number of aryl methyl sites for hydroxylation is 2. The fraction of sp³-hybridized carbons (Fsp3) is 0.389. The van der Waals surface area contributed by atoms with Crippen molar-refractivity contribution in [2.75, 3.05) is 12.9 Å². The van der Waals surface area contributed by atoms with Gasteiger partial charge in [0.25, 0.3) is 0 Å². The molecule has 0 saturated carbocycles. The summed E-state index contributed by atoms with van der Waals surface area (Å²) in [4.78, 5) is 18.1. The molecule has 0 bridgehead atoms. The zero-order valence-electron chi connectivity index (χ0n) is 15.6. The molecule has 2 aromatic rings. The number of nitrogens with zero attached hydrogens (tertiary/aromatic N) is 3. The first-order chi connectivity index (χ1) is 12.7. The van der Waals surface area contributed by atoms with Crippen molar-refractivity contribution in [3.63, 3.8) is 0 Å². The van der Waals surface area contributed by atoms with Gasteiger partial charge in [-0.15, -0.1) is 0 Å². The first kappa shape index (κ1) is 19.1. The van der Waals surface area contributed by atoms with Crippen LogP contribution in [0.3, 0.4) is 0 Å². The Bertz CT molecular complexity index is 1070. The first-order valence-electron chi connectivity index (χ1n) is 8.49. The van der Waals surface area contributed by atoms with Gasteiger partial charge in [0.2, 0.25) is 5.88 Å². The molecule has 0 amide bonds. The summed E-state index contributed by atoms with van der Waals surface area (Å²) in [6.45, 7) is 5.55. The molecule has 144 valence electrons.